The summed E-state index contributed by atoms with van der Waals surface area (Å²) in [5.74, 6) is -0.340. The summed E-state index contributed by atoms with van der Waals surface area (Å²) in [6.07, 6.45) is 0.181. The van der Waals surface area contributed by atoms with Crippen LogP contribution < -0.4 is 5.32 Å². The number of carbonyl (C=O) groups excluding carboxylic acids is 1. The molecule has 0 saturated carbocycles. The number of phenols is 1. The van der Waals surface area contributed by atoms with E-state index in [1.54, 1.807) is 31.2 Å². The maximum absolute atomic E-state index is 12.7. The van der Waals surface area contributed by atoms with E-state index in [9.17, 15) is 14.3 Å². The Bertz CT molecular complexity index is 594. The van der Waals surface area contributed by atoms with Crippen LogP contribution in [0.5, 0.6) is 5.75 Å². The van der Waals surface area contributed by atoms with E-state index in [1.807, 2.05) is 0 Å². The molecule has 0 fully saturated rings. The number of rotatable bonds is 3. The number of aromatic hydroxyl groups is 1. The van der Waals surface area contributed by atoms with Gasteiger partial charge in [0.15, 0.2) is 0 Å². The van der Waals surface area contributed by atoms with Crippen molar-refractivity contribution >= 4 is 11.6 Å². The van der Waals surface area contributed by atoms with Gasteiger partial charge in [-0.05, 0) is 48.4 Å². The molecule has 2 rings (SSSR count). The SMILES string of the molecule is Cc1cc(O)ccc1NC(=O)Cc1ccc(F)cc1. The van der Waals surface area contributed by atoms with E-state index in [1.165, 1.54) is 18.2 Å². The number of benzene rings is 2. The molecule has 0 saturated heterocycles. The van der Waals surface area contributed by atoms with Gasteiger partial charge in [0.05, 0.1) is 6.42 Å². The van der Waals surface area contributed by atoms with Crippen molar-refractivity contribution in [1.82, 2.24) is 0 Å². The first-order valence-corrected chi connectivity index (χ1v) is 5.88. The molecular formula is C15H14FNO2. The molecule has 0 radical (unpaired) electrons. The van der Waals surface area contributed by atoms with Crippen LogP contribution in [0.15, 0.2) is 42.5 Å². The summed E-state index contributed by atoms with van der Waals surface area (Å²) < 4.78 is 12.7. The highest BCUT2D eigenvalue weighted by Crippen LogP contribution is 2.20. The number of phenolic OH excluding ortho intramolecular Hbond substituents is 1. The van der Waals surface area contributed by atoms with Gasteiger partial charge in [-0.15, -0.1) is 0 Å². The average molecular weight is 259 g/mol. The van der Waals surface area contributed by atoms with Crippen LogP contribution in [0.4, 0.5) is 10.1 Å². The number of carbonyl (C=O) groups is 1. The lowest BCUT2D eigenvalue weighted by molar-refractivity contribution is -0.115. The lowest BCUT2D eigenvalue weighted by Gasteiger charge is -2.08. The van der Waals surface area contributed by atoms with Crippen molar-refractivity contribution < 1.29 is 14.3 Å². The first kappa shape index (κ1) is 13.1. The summed E-state index contributed by atoms with van der Waals surface area (Å²) in [5, 5.41) is 12.0. The van der Waals surface area contributed by atoms with Gasteiger partial charge in [-0.25, -0.2) is 4.39 Å². The summed E-state index contributed by atoms with van der Waals surface area (Å²) in [6, 6.07) is 10.6. The number of amides is 1. The van der Waals surface area contributed by atoms with Crippen molar-refractivity contribution in [3.05, 3.63) is 59.4 Å². The molecule has 98 valence electrons. The zero-order chi connectivity index (χ0) is 13.8. The van der Waals surface area contributed by atoms with E-state index in [0.717, 1.165) is 11.1 Å². The third-order valence-electron chi connectivity index (χ3n) is 2.76. The number of hydrogen-bond acceptors (Lipinski definition) is 2. The zero-order valence-corrected chi connectivity index (χ0v) is 10.5. The quantitative estimate of drug-likeness (QED) is 0.832. The van der Waals surface area contributed by atoms with E-state index in [4.69, 9.17) is 0 Å². The Morgan fingerprint density at radius 3 is 2.53 bits per heavy atom. The second-order valence-corrected chi connectivity index (χ2v) is 4.35. The molecule has 0 atom stereocenters. The predicted octanol–water partition coefficient (Wildman–Crippen LogP) is 3.02. The van der Waals surface area contributed by atoms with Crippen LogP contribution in [0.2, 0.25) is 0 Å². The van der Waals surface area contributed by atoms with E-state index in [0.29, 0.717) is 5.69 Å². The molecule has 4 heteroatoms. The lowest BCUT2D eigenvalue weighted by Crippen LogP contribution is -2.15. The third-order valence-corrected chi connectivity index (χ3v) is 2.76. The number of hydrogen-bond donors (Lipinski definition) is 2. The fourth-order valence-electron chi connectivity index (χ4n) is 1.77. The minimum atomic E-state index is -0.321. The molecular weight excluding hydrogens is 245 g/mol. The fourth-order valence-corrected chi connectivity index (χ4v) is 1.77. The van der Waals surface area contributed by atoms with Crippen LogP contribution >= 0.6 is 0 Å². The monoisotopic (exact) mass is 259 g/mol. The molecule has 0 aliphatic heterocycles. The second kappa shape index (κ2) is 5.52. The van der Waals surface area contributed by atoms with E-state index in [2.05, 4.69) is 5.32 Å². The van der Waals surface area contributed by atoms with Crippen LogP contribution in [0.25, 0.3) is 0 Å². The van der Waals surface area contributed by atoms with Gasteiger partial charge in [-0.1, -0.05) is 12.1 Å². The molecule has 19 heavy (non-hydrogen) atoms. The third kappa shape index (κ3) is 3.55. The van der Waals surface area contributed by atoms with Crippen LogP contribution in [-0.2, 0) is 11.2 Å². The minimum Gasteiger partial charge on any atom is -0.508 e. The standard InChI is InChI=1S/C15H14FNO2/c1-10-8-13(18)6-7-14(10)17-15(19)9-11-2-4-12(16)5-3-11/h2-8,18H,9H2,1H3,(H,17,19). The highest BCUT2D eigenvalue weighted by atomic mass is 19.1. The predicted molar refractivity (Wildman–Crippen MR) is 71.6 cm³/mol. The maximum Gasteiger partial charge on any atom is 0.228 e. The number of nitrogens with one attached hydrogen (secondary N) is 1. The van der Waals surface area contributed by atoms with E-state index in [-0.39, 0.29) is 23.9 Å². The second-order valence-electron chi connectivity index (χ2n) is 4.35. The molecule has 0 unspecified atom stereocenters. The van der Waals surface area contributed by atoms with Gasteiger partial charge < -0.3 is 10.4 Å². The maximum atomic E-state index is 12.7. The molecule has 3 nitrogen and oxygen atoms in total. The molecule has 2 aromatic carbocycles. The molecule has 0 heterocycles. The van der Waals surface area contributed by atoms with Crippen molar-refractivity contribution in [3.63, 3.8) is 0 Å². The van der Waals surface area contributed by atoms with Gasteiger partial charge >= 0.3 is 0 Å². The van der Waals surface area contributed by atoms with Gasteiger partial charge in [-0.3, -0.25) is 4.79 Å². The first-order chi connectivity index (χ1) is 9.04. The Morgan fingerprint density at radius 1 is 1.21 bits per heavy atom. The topological polar surface area (TPSA) is 49.3 Å². The van der Waals surface area contributed by atoms with Gasteiger partial charge in [0.1, 0.15) is 11.6 Å². The molecule has 0 aliphatic rings. The van der Waals surface area contributed by atoms with Gasteiger partial charge in [0.25, 0.3) is 0 Å². The van der Waals surface area contributed by atoms with Gasteiger partial charge in [0.2, 0.25) is 5.91 Å². The minimum absolute atomic E-state index is 0.161. The molecule has 2 aromatic rings. The average Bonchev–Trinajstić information content (AvgIpc) is 2.36. The molecule has 0 bridgehead atoms. The van der Waals surface area contributed by atoms with Crippen LogP contribution in [0.1, 0.15) is 11.1 Å². The van der Waals surface area contributed by atoms with Crippen molar-refractivity contribution in [1.29, 1.82) is 0 Å². The van der Waals surface area contributed by atoms with Crippen LogP contribution in [-0.4, -0.2) is 11.0 Å². The number of aryl methyl sites for hydroxylation is 1. The smallest absolute Gasteiger partial charge is 0.228 e. The lowest BCUT2D eigenvalue weighted by atomic mass is 10.1. The van der Waals surface area contributed by atoms with Crippen molar-refractivity contribution in [2.45, 2.75) is 13.3 Å². The fraction of sp³-hybridized carbons (Fsp3) is 0.133. The zero-order valence-electron chi connectivity index (χ0n) is 10.5. The highest BCUT2D eigenvalue weighted by Gasteiger charge is 2.06. The van der Waals surface area contributed by atoms with E-state index >= 15 is 0 Å². The molecule has 0 spiro atoms. The van der Waals surface area contributed by atoms with Gasteiger partial charge in [0, 0.05) is 5.69 Å². The molecule has 1 amide bonds. The van der Waals surface area contributed by atoms with Crippen molar-refractivity contribution in [2.24, 2.45) is 0 Å². The summed E-state index contributed by atoms with van der Waals surface area (Å²) in [4.78, 5) is 11.8. The van der Waals surface area contributed by atoms with E-state index < -0.39 is 0 Å². The van der Waals surface area contributed by atoms with Crippen LogP contribution in [0, 0.1) is 12.7 Å². The Balaban J connectivity index is 2.03. The normalized spacial score (nSPS) is 10.2. The molecule has 0 aromatic heterocycles. The summed E-state index contributed by atoms with van der Waals surface area (Å²) in [6.45, 7) is 1.80. The summed E-state index contributed by atoms with van der Waals surface area (Å²) in [5.41, 5.74) is 2.19. The Hall–Kier alpha value is -2.36. The highest BCUT2D eigenvalue weighted by molar-refractivity contribution is 5.93. The molecule has 0 aliphatic carbocycles. The Kier molecular flexibility index (Phi) is 3.80. The first-order valence-electron chi connectivity index (χ1n) is 5.88. The summed E-state index contributed by atoms with van der Waals surface area (Å²) in [7, 11) is 0. The molecule has 2 N–H and O–H groups in total. The van der Waals surface area contributed by atoms with Crippen molar-refractivity contribution in [3.8, 4) is 5.75 Å². The van der Waals surface area contributed by atoms with Gasteiger partial charge in [-0.2, -0.15) is 0 Å². The number of halogens is 1. The largest absolute Gasteiger partial charge is 0.508 e. The number of anilines is 1. The summed E-state index contributed by atoms with van der Waals surface area (Å²) >= 11 is 0. The van der Waals surface area contributed by atoms with Crippen LogP contribution in [0.3, 0.4) is 0 Å². The van der Waals surface area contributed by atoms with Crippen molar-refractivity contribution in [2.75, 3.05) is 5.32 Å². The Morgan fingerprint density at radius 2 is 1.89 bits per heavy atom. The Labute approximate surface area is 110 Å².